The molecule has 3 rings (SSSR count). The second-order valence-corrected chi connectivity index (χ2v) is 5.08. The molecule has 0 aliphatic heterocycles. The summed E-state index contributed by atoms with van der Waals surface area (Å²) in [7, 11) is 0. The molecule has 2 nitrogen and oxygen atoms in total. The van der Waals surface area contributed by atoms with E-state index in [1.54, 1.807) is 0 Å². The van der Waals surface area contributed by atoms with Crippen molar-refractivity contribution in [3.8, 4) is 0 Å². The molecule has 2 heteroatoms. The van der Waals surface area contributed by atoms with Crippen molar-refractivity contribution in [3.63, 3.8) is 0 Å². The number of carbonyl (C=O) groups excluding carboxylic acids is 1. The molecule has 0 radical (unpaired) electrons. The van der Waals surface area contributed by atoms with Crippen molar-refractivity contribution in [1.29, 1.82) is 0 Å². The zero-order valence-electron chi connectivity index (χ0n) is 10.1. The summed E-state index contributed by atoms with van der Waals surface area (Å²) in [5, 5.41) is 0. The Labute approximate surface area is 101 Å². The molecule has 2 aliphatic carbocycles. The Balaban J connectivity index is 1.90. The van der Waals surface area contributed by atoms with Gasteiger partial charge in [-0.25, -0.2) is 0 Å². The normalized spacial score (nSPS) is 33.9. The van der Waals surface area contributed by atoms with Crippen molar-refractivity contribution in [2.45, 2.75) is 25.9 Å². The van der Waals surface area contributed by atoms with Crippen molar-refractivity contribution >= 4 is 11.5 Å². The third-order valence-corrected chi connectivity index (χ3v) is 4.09. The molecule has 3 atom stereocenters. The van der Waals surface area contributed by atoms with Gasteiger partial charge in [0.1, 0.15) is 5.60 Å². The minimum absolute atomic E-state index is 0.176. The van der Waals surface area contributed by atoms with Crippen molar-refractivity contribution in [2.75, 3.05) is 0 Å². The molecule has 0 heterocycles. The van der Waals surface area contributed by atoms with E-state index >= 15 is 0 Å². The largest absolute Gasteiger partial charge is 0.454 e. The Morgan fingerprint density at radius 1 is 1.35 bits per heavy atom. The average Bonchev–Trinajstić information content (AvgIpc) is 2.71. The Hall–Kier alpha value is -1.57. The maximum absolute atomic E-state index is 11.2. The molecule has 2 aliphatic rings. The number of carbonyl (C=O) groups is 1. The summed E-state index contributed by atoms with van der Waals surface area (Å²) in [5.41, 5.74) is 2.27. The number of benzene rings is 1. The van der Waals surface area contributed by atoms with Crippen LogP contribution in [0.1, 0.15) is 25.8 Å². The first-order valence-corrected chi connectivity index (χ1v) is 6.10. The van der Waals surface area contributed by atoms with E-state index in [2.05, 4.69) is 25.1 Å². The number of hydrogen-bond acceptors (Lipinski definition) is 2. The number of fused-ring (bicyclic) bond motifs is 1. The van der Waals surface area contributed by atoms with Crippen LogP contribution in [0.25, 0.3) is 5.57 Å². The van der Waals surface area contributed by atoms with Crippen LogP contribution in [0.3, 0.4) is 0 Å². The van der Waals surface area contributed by atoms with Crippen LogP contribution in [0.5, 0.6) is 0 Å². The maximum Gasteiger partial charge on any atom is 0.303 e. The lowest BCUT2D eigenvalue weighted by molar-refractivity contribution is -0.146. The van der Waals surface area contributed by atoms with Gasteiger partial charge in [0.05, 0.1) is 0 Å². The lowest BCUT2D eigenvalue weighted by atomic mass is 10.0. The lowest BCUT2D eigenvalue weighted by Crippen LogP contribution is -2.17. The smallest absolute Gasteiger partial charge is 0.303 e. The fourth-order valence-electron chi connectivity index (χ4n) is 3.09. The van der Waals surface area contributed by atoms with Gasteiger partial charge in [-0.15, -0.1) is 0 Å². The third-order valence-electron chi connectivity index (χ3n) is 4.09. The quantitative estimate of drug-likeness (QED) is 0.727. The van der Waals surface area contributed by atoms with Gasteiger partial charge in [0.15, 0.2) is 0 Å². The summed E-state index contributed by atoms with van der Waals surface area (Å²) in [6, 6.07) is 10.3. The van der Waals surface area contributed by atoms with Crippen LogP contribution in [0.2, 0.25) is 0 Å². The zero-order chi connectivity index (χ0) is 12.0. The lowest BCUT2D eigenvalue weighted by Gasteiger charge is -2.11. The summed E-state index contributed by atoms with van der Waals surface area (Å²) in [4.78, 5) is 11.2. The van der Waals surface area contributed by atoms with Crippen molar-refractivity contribution in [2.24, 2.45) is 11.8 Å². The van der Waals surface area contributed by atoms with E-state index in [0.29, 0.717) is 11.8 Å². The van der Waals surface area contributed by atoms with Crippen molar-refractivity contribution < 1.29 is 9.53 Å². The molecular formula is C15H16O2. The van der Waals surface area contributed by atoms with E-state index in [9.17, 15) is 4.79 Å². The van der Waals surface area contributed by atoms with Gasteiger partial charge in [0, 0.05) is 18.8 Å². The highest BCUT2D eigenvalue weighted by atomic mass is 16.6. The Bertz CT molecular complexity index is 489. The highest BCUT2D eigenvalue weighted by Crippen LogP contribution is 2.63. The summed E-state index contributed by atoms with van der Waals surface area (Å²) in [6.07, 6.45) is 3.19. The summed E-state index contributed by atoms with van der Waals surface area (Å²) < 4.78 is 5.52. The molecule has 1 fully saturated rings. The van der Waals surface area contributed by atoms with Crippen LogP contribution in [0.15, 0.2) is 36.4 Å². The van der Waals surface area contributed by atoms with E-state index in [-0.39, 0.29) is 11.6 Å². The van der Waals surface area contributed by atoms with Crippen molar-refractivity contribution in [1.82, 2.24) is 0 Å². The fraction of sp³-hybridized carbons (Fsp3) is 0.400. The van der Waals surface area contributed by atoms with Gasteiger partial charge in [-0.3, -0.25) is 4.79 Å². The Morgan fingerprint density at radius 2 is 2.06 bits per heavy atom. The standard InChI is InChI=1S/C15H16O2/c1-10-14-8-13(12-6-4-3-5-7-12)9-15(10,14)17-11(2)16/h3-7,9-10,14H,8H2,1-2H3/t10?,14-,15-/m0/s1. The maximum atomic E-state index is 11.2. The van der Waals surface area contributed by atoms with Crippen LogP contribution in [-0.2, 0) is 9.53 Å². The number of ether oxygens (including phenoxy) is 1. The monoisotopic (exact) mass is 228 g/mol. The van der Waals surface area contributed by atoms with Crippen LogP contribution in [-0.4, -0.2) is 11.6 Å². The number of rotatable bonds is 2. The molecule has 0 amide bonds. The third kappa shape index (κ3) is 1.51. The second-order valence-electron chi connectivity index (χ2n) is 5.08. The van der Waals surface area contributed by atoms with Crippen molar-refractivity contribution in [3.05, 3.63) is 42.0 Å². The van der Waals surface area contributed by atoms with Gasteiger partial charge in [-0.2, -0.15) is 0 Å². The minimum Gasteiger partial charge on any atom is -0.454 e. The summed E-state index contributed by atoms with van der Waals surface area (Å²) in [5.74, 6) is 0.783. The van der Waals surface area contributed by atoms with Gasteiger partial charge >= 0.3 is 5.97 Å². The molecule has 0 aromatic heterocycles. The van der Waals surface area contributed by atoms with Gasteiger partial charge < -0.3 is 4.74 Å². The first-order chi connectivity index (χ1) is 8.13. The van der Waals surface area contributed by atoms with Crippen LogP contribution in [0, 0.1) is 11.8 Å². The van der Waals surface area contributed by atoms with E-state index in [1.807, 2.05) is 18.2 Å². The van der Waals surface area contributed by atoms with Gasteiger partial charge in [0.2, 0.25) is 0 Å². The summed E-state index contributed by atoms with van der Waals surface area (Å²) in [6.45, 7) is 3.65. The number of hydrogen-bond donors (Lipinski definition) is 0. The molecule has 17 heavy (non-hydrogen) atoms. The average molecular weight is 228 g/mol. The van der Waals surface area contributed by atoms with Crippen LogP contribution < -0.4 is 0 Å². The number of allylic oxidation sites excluding steroid dienone is 1. The molecular weight excluding hydrogens is 212 g/mol. The topological polar surface area (TPSA) is 26.3 Å². The fourth-order valence-corrected chi connectivity index (χ4v) is 3.09. The van der Waals surface area contributed by atoms with Gasteiger partial charge in [-0.05, 0) is 23.6 Å². The Kier molecular flexibility index (Phi) is 2.15. The van der Waals surface area contributed by atoms with E-state index in [1.165, 1.54) is 18.1 Å². The van der Waals surface area contributed by atoms with E-state index < -0.39 is 0 Å². The predicted octanol–water partition coefficient (Wildman–Crippen LogP) is 3.04. The van der Waals surface area contributed by atoms with Gasteiger partial charge in [0.25, 0.3) is 0 Å². The van der Waals surface area contributed by atoms with Crippen LogP contribution >= 0.6 is 0 Å². The van der Waals surface area contributed by atoms with E-state index in [4.69, 9.17) is 4.74 Å². The predicted molar refractivity (Wildman–Crippen MR) is 66.2 cm³/mol. The minimum atomic E-state index is -0.295. The molecule has 1 aromatic carbocycles. The molecule has 88 valence electrons. The molecule has 0 saturated heterocycles. The molecule has 0 N–H and O–H groups in total. The molecule has 1 aromatic rings. The zero-order valence-corrected chi connectivity index (χ0v) is 10.1. The second kappa shape index (κ2) is 3.46. The molecule has 1 saturated carbocycles. The highest BCUT2D eigenvalue weighted by molar-refractivity contribution is 5.75. The Morgan fingerprint density at radius 3 is 2.71 bits per heavy atom. The first kappa shape index (κ1) is 10.6. The summed E-state index contributed by atoms with van der Waals surface area (Å²) >= 11 is 0. The highest BCUT2D eigenvalue weighted by Gasteiger charge is 2.66. The molecule has 0 spiro atoms. The molecule has 0 bridgehead atoms. The SMILES string of the molecule is CC(=O)O[C@]12C=C(c3ccccc3)C[C@H]1C2C. The van der Waals surface area contributed by atoms with Crippen LogP contribution in [0.4, 0.5) is 0 Å². The number of esters is 1. The molecule has 1 unspecified atom stereocenters. The van der Waals surface area contributed by atoms with E-state index in [0.717, 1.165) is 6.42 Å². The van der Waals surface area contributed by atoms with Gasteiger partial charge in [-0.1, -0.05) is 37.3 Å². The first-order valence-electron chi connectivity index (χ1n) is 6.10.